The number of morpholine rings is 1. The molecule has 3 saturated heterocycles. The second-order valence-electron chi connectivity index (χ2n) is 5.57. The van der Waals surface area contributed by atoms with Gasteiger partial charge in [0.15, 0.2) is 0 Å². The zero-order valence-electron chi connectivity index (χ0n) is 8.96. The topological polar surface area (TPSA) is 24.5 Å². The van der Waals surface area contributed by atoms with Crippen LogP contribution in [0.1, 0.15) is 19.8 Å². The van der Waals surface area contributed by atoms with E-state index in [1.54, 1.807) is 0 Å². The summed E-state index contributed by atoms with van der Waals surface area (Å²) in [5.41, 5.74) is 0.538. The van der Waals surface area contributed by atoms with Gasteiger partial charge in [-0.15, -0.1) is 0 Å². The van der Waals surface area contributed by atoms with Crippen LogP contribution in [0.5, 0.6) is 0 Å². The van der Waals surface area contributed by atoms with E-state index < -0.39 is 0 Å². The molecule has 1 N–H and O–H groups in total. The van der Waals surface area contributed by atoms with Crippen molar-refractivity contribution in [2.24, 2.45) is 5.41 Å². The molecule has 3 heterocycles. The highest BCUT2D eigenvalue weighted by Crippen LogP contribution is 2.30. The van der Waals surface area contributed by atoms with Crippen LogP contribution in [0.2, 0.25) is 0 Å². The third-order valence-electron chi connectivity index (χ3n) is 3.83. The lowest BCUT2D eigenvalue weighted by Crippen LogP contribution is -2.59. The Balaban J connectivity index is 1.58. The Bertz CT molecular complexity index is 215. The average Bonchev–Trinajstić information content (AvgIpc) is 2.43. The number of hydrogen-bond acceptors (Lipinski definition) is 3. The zero-order valence-corrected chi connectivity index (χ0v) is 8.96. The Hall–Kier alpha value is -0.120. The first-order valence-electron chi connectivity index (χ1n) is 5.82. The molecule has 80 valence electrons. The van der Waals surface area contributed by atoms with Gasteiger partial charge in [-0.1, -0.05) is 6.92 Å². The van der Waals surface area contributed by atoms with Crippen LogP contribution >= 0.6 is 0 Å². The maximum atomic E-state index is 5.84. The lowest BCUT2D eigenvalue weighted by atomic mass is 9.83. The minimum Gasteiger partial charge on any atom is -0.372 e. The molecule has 2 bridgehead atoms. The van der Waals surface area contributed by atoms with E-state index in [0.29, 0.717) is 17.6 Å². The highest BCUT2D eigenvalue weighted by Gasteiger charge is 2.39. The van der Waals surface area contributed by atoms with E-state index in [-0.39, 0.29) is 0 Å². The van der Waals surface area contributed by atoms with Crippen molar-refractivity contribution < 1.29 is 4.74 Å². The van der Waals surface area contributed by atoms with E-state index in [2.05, 4.69) is 17.1 Å². The number of rotatable bonds is 2. The van der Waals surface area contributed by atoms with Crippen molar-refractivity contribution in [3.05, 3.63) is 0 Å². The second kappa shape index (κ2) is 3.19. The van der Waals surface area contributed by atoms with E-state index in [0.717, 1.165) is 0 Å². The molecule has 0 saturated carbocycles. The van der Waals surface area contributed by atoms with Gasteiger partial charge in [-0.2, -0.15) is 0 Å². The van der Waals surface area contributed by atoms with E-state index in [4.69, 9.17) is 4.74 Å². The van der Waals surface area contributed by atoms with Gasteiger partial charge in [-0.05, 0) is 12.8 Å². The normalized spacial score (nSPS) is 40.9. The summed E-state index contributed by atoms with van der Waals surface area (Å²) < 4.78 is 5.84. The first-order valence-corrected chi connectivity index (χ1v) is 5.82. The van der Waals surface area contributed by atoms with Gasteiger partial charge in [0, 0.05) is 38.1 Å². The summed E-state index contributed by atoms with van der Waals surface area (Å²) in [6, 6.07) is 0. The molecular weight excluding hydrogens is 176 g/mol. The van der Waals surface area contributed by atoms with Crippen LogP contribution in [0.25, 0.3) is 0 Å². The first-order chi connectivity index (χ1) is 6.73. The predicted octanol–water partition coefficient (Wildman–Crippen LogP) is 0.459. The summed E-state index contributed by atoms with van der Waals surface area (Å²) in [6.07, 6.45) is 3.67. The van der Waals surface area contributed by atoms with E-state index in [1.165, 1.54) is 45.6 Å². The van der Waals surface area contributed by atoms with Crippen molar-refractivity contribution in [2.45, 2.75) is 32.0 Å². The molecule has 3 rings (SSSR count). The second-order valence-corrected chi connectivity index (χ2v) is 5.57. The van der Waals surface area contributed by atoms with Gasteiger partial charge >= 0.3 is 0 Å². The average molecular weight is 196 g/mol. The summed E-state index contributed by atoms with van der Waals surface area (Å²) >= 11 is 0. The SMILES string of the molecule is CC1(CN2CC3CCC(C2)O3)CNC1. The summed E-state index contributed by atoms with van der Waals surface area (Å²) in [7, 11) is 0. The zero-order chi connectivity index (χ0) is 9.60. The molecule has 0 amide bonds. The largest absolute Gasteiger partial charge is 0.372 e. The van der Waals surface area contributed by atoms with Crippen LogP contribution in [-0.2, 0) is 4.74 Å². The van der Waals surface area contributed by atoms with Crippen LogP contribution < -0.4 is 5.32 Å². The van der Waals surface area contributed by atoms with Crippen LogP contribution in [0.3, 0.4) is 0 Å². The smallest absolute Gasteiger partial charge is 0.0707 e. The molecule has 0 aromatic heterocycles. The summed E-state index contributed by atoms with van der Waals surface area (Å²) in [4.78, 5) is 2.62. The number of nitrogens with zero attached hydrogens (tertiary/aromatic N) is 1. The lowest BCUT2D eigenvalue weighted by molar-refractivity contribution is -0.0538. The fourth-order valence-corrected chi connectivity index (χ4v) is 3.03. The molecule has 3 nitrogen and oxygen atoms in total. The Kier molecular flexibility index (Phi) is 2.08. The van der Waals surface area contributed by atoms with Gasteiger partial charge in [0.1, 0.15) is 0 Å². The molecular formula is C11H20N2O. The van der Waals surface area contributed by atoms with Gasteiger partial charge in [-0.25, -0.2) is 0 Å². The number of likely N-dealkylation sites (tertiary alicyclic amines) is 1. The quantitative estimate of drug-likeness (QED) is 0.694. The van der Waals surface area contributed by atoms with Crippen molar-refractivity contribution in [1.82, 2.24) is 10.2 Å². The minimum absolute atomic E-state index is 0.538. The molecule has 0 spiro atoms. The van der Waals surface area contributed by atoms with Gasteiger partial charge in [0.05, 0.1) is 12.2 Å². The highest BCUT2D eigenvalue weighted by molar-refractivity contribution is 4.94. The molecule has 2 unspecified atom stereocenters. The van der Waals surface area contributed by atoms with E-state index in [9.17, 15) is 0 Å². The van der Waals surface area contributed by atoms with Crippen LogP contribution in [0.4, 0.5) is 0 Å². The summed E-state index contributed by atoms with van der Waals surface area (Å²) in [5.74, 6) is 0. The van der Waals surface area contributed by atoms with Crippen LogP contribution in [0, 0.1) is 5.41 Å². The predicted molar refractivity (Wildman–Crippen MR) is 55.3 cm³/mol. The molecule has 3 heteroatoms. The Morgan fingerprint density at radius 1 is 1.29 bits per heavy atom. The Labute approximate surface area is 85.8 Å². The van der Waals surface area contributed by atoms with Gasteiger partial charge in [0.2, 0.25) is 0 Å². The van der Waals surface area contributed by atoms with Crippen LogP contribution in [0.15, 0.2) is 0 Å². The molecule has 2 atom stereocenters. The van der Waals surface area contributed by atoms with E-state index >= 15 is 0 Å². The maximum Gasteiger partial charge on any atom is 0.0707 e. The van der Waals surface area contributed by atoms with Crippen molar-refractivity contribution >= 4 is 0 Å². The summed E-state index contributed by atoms with van der Waals surface area (Å²) in [6.45, 7) is 8.38. The molecule has 0 aliphatic carbocycles. The molecule has 3 aliphatic rings. The van der Waals surface area contributed by atoms with Crippen molar-refractivity contribution in [3.63, 3.8) is 0 Å². The molecule has 0 aromatic rings. The minimum atomic E-state index is 0.538. The monoisotopic (exact) mass is 196 g/mol. The maximum absolute atomic E-state index is 5.84. The lowest BCUT2D eigenvalue weighted by Gasteiger charge is -2.45. The first kappa shape index (κ1) is 9.13. The molecule has 3 aliphatic heterocycles. The molecule has 14 heavy (non-hydrogen) atoms. The van der Waals surface area contributed by atoms with Crippen molar-refractivity contribution in [3.8, 4) is 0 Å². The molecule has 3 fully saturated rings. The third-order valence-corrected chi connectivity index (χ3v) is 3.83. The Morgan fingerprint density at radius 2 is 1.93 bits per heavy atom. The van der Waals surface area contributed by atoms with Crippen molar-refractivity contribution in [1.29, 1.82) is 0 Å². The van der Waals surface area contributed by atoms with Gasteiger partial charge in [-0.3, -0.25) is 4.90 Å². The van der Waals surface area contributed by atoms with Gasteiger partial charge < -0.3 is 10.1 Å². The fraction of sp³-hybridized carbons (Fsp3) is 1.00. The Morgan fingerprint density at radius 3 is 2.43 bits per heavy atom. The van der Waals surface area contributed by atoms with Gasteiger partial charge in [0.25, 0.3) is 0 Å². The number of hydrogen-bond donors (Lipinski definition) is 1. The third kappa shape index (κ3) is 1.58. The van der Waals surface area contributed by atoms with Crippen molar-refractivity contribution in [2.75, 3.05) is 32.7 Å². The van der Waals surface area contributed by atoms with E-state index in [1.807, 2.05) is 0 Å². The number of fused-ring (bicyclic) bond motifs is 2. The molecule has 0 radical (unpaired) electrons. The fourth-order valence-electron chi connectivity index (χ4n) is 3.03. The number of ether oxygens (including phenoxy) is 1. The highest BCUT2D eigenvalue weighted by atomic mass is 16.5. The molecule has 0 aromatic carbocycles. The summed E-state index contributed by atoms with van der Waals surface area (Å²) in [5, 5.41) is 3.37. The standard InChI is InChI=1S/C11H20N2O/c1-11(6-12-7-11)8-13-4-9-2-3-10(5-13)14-9/h9-10,12H,2-8H2,1H3. The number of nitrogens with one attached hydrogen (secondary N) is 1. The van der Waals surface area contributed by atoms with Crippen LogP contribution in [-0.4, -0.2) is 49.8 Å².